The molecule has 10 atom stereocenters. The summed E-state index contributed by atoms with van der Waals surface area (Å²) in [5.74, 6) is 5.48. The lowest BCUT2D eigenvalue weighted by Crippen LogP contribution is -2.58. The van der Waals surface area contributed by atoms with E-state index in [4.69, 9.17) is 9.47 Å². The summed E-state index contributed by atoms with van der Waals surface area (Å²) >= 11 is 0. The molecule has 30 heavy (non-hydrogen) atoms. The van der Waals surface area contributed by atoms with Crippen molar-refractivity contribution in [3.8, 4) is 0 Å². The van der Waals surface area contributed by atoms with E-state index in [2.05, 4.69) is 34.6 Å². The first-order chi connectivity index (χ1) is 14.2. The molecular weight excluding hydrogens is 368 g/mol. The molecule has 2 heteroatoms. The highest BCUT2D eigenvalue weighted by Crippen LogP contribution is 2.74. The van der Waals surface area contributed by atoms with Crippen LogP contribution in [-0.2, 0) is 9.47 Å². The third kappa shape index (κ3) is 3.01. The van der Waals surface area contributed by atoms with Gasteiger partial charge in [0.2, 0.25) is 0 Å². The molecule has 1 spiro atoms. The van der Waals surface area contributed by atoms with E-state index in [1.165, 1.54) is 64.2 Å². The Labute approximate surface area is 186 Å². The largest absolute Gasteiger partial charge is 0.381 e. The van der Waals surface area contributed by atoms with Crippen molar-refractivity contribution in [3.63, 3.8) is 0 Å². The van der Waals surface area contributed by atoms with Crippen molar-refractivity contribution in [1.29, 1.82) is 0 Å². The minimum Gasteiger partial charge on any atom is -0.381 e. The molecule has 0 radical (unpaired) electrons. The molecule has 0 aromatic carbocycles. The van der Waals surface area contributed by atoms with Crippen molar-refractivity contribution < 1.29 is 9.47 Å². The zero-order valence-electron chi connectivity index (χ0n) is 20.7. The second kappa shape index (κ2) is 7.47. The van der Waals surface area contributed by atoms with Gasteiger partial charge in [-0.3, -0.25) is 0 Å². The van der Waals surface area contributed by atoms with Crippen molar-refractivity contribution in [1.82, 2.24) is 0 Å². The average Bonchev–Trinajstić information content (AvgIpc) is 3.28. The fourth-order valence-electron chi connectivity index (χ4n) is 9.87. The Morgan fingerprint density at radius 3 is 2.50 bits per heavy atom. The van der Waals surface area contributed by atoms with Crippen LogP contribution in [0.25, 0.3) is 0 Å². The molecule has 5 aliphatic rings. The number of hydrogen-bond acceptors (Lipinski definition) is 2. The molecule has 1 heterocycles. The number of fused-ring (bicyclic) bond motifs is 4. The van der Waals surface area contributed by atoms with E-state index in [9.17, 15) is 0 Å². The highest BCUT2D eigenvalue weighted by atomic mass is 16.6. The van der Waals surface area contributed by atoms with E-state index in [1.807, 2.05) is 7.11 Å². The predicted molar refractivity (Wildman–Crippen MR) is 123 cm³/mol. The van der Waals surface area contributed by atoms with E-state index < -0.39 is 0 Å². The summed E-state index contributed by atoms with van der Waals surface area (Å²) < 4.78 is 12.5. The van der Waals surface area contributed by atoms with Gasteiger partial charge in [-0.1, -0.05) is 53.9 Å². The summed E-state index contributed by atoms with van der Waals surface area (Å²) in [6, 6.07) is 0. The summed E-state index contributed by atoms with van der Waals surface area (Å²) in [4.78, 5) is 0. The Bertz CT molecular complexity index is 645. The van der Waals surface area contributed by atoms with Crippen LogP contribution in [0.4, 0.5) is 0 Å². The Hall–Kier alpha value is -0.0800. The lowest BCUT2D eigenvalue weighted by atomic mass is 9.44. The molecule has 5 rings (SSSR count). The molecule has 2 nitrogen and oxygen atoms in total. The van der Waals surface area contributed by atoms with Crippen molar-refractivity contribution in [2.75, 3.05) is 7.11 Å². The van der Waals surface area contributed by atoms with Crippen LogP contribution in [0.3, 0.4) is 0 Å². The van der Waals surface area contributed by atoms with Crippen LogP contribution in [-0.4, -0.2) is 24.9 Å². The zero-order valence-corrected chi connectivity index (χ0v) is 20.7. The second-order valence-electron chi connectivity index (χ2n) is 13.2. The van der Waals surface area contributed by atoms with Crippen molar-refractivity contribution in [3.05, 3.63) is 0 Å². The molecule has 1 saturated heterocycles. The van der Waals surface area contributed by atoms with Gasteiger partial charge in [0.05, 0.1) is 12.2 Å². The van der Waals surface area contributed by atoms with Crippen LogP contribution in [0.15, 0.2) is 0 Å². The molecule has 0 aromatic heterocycles. The van der Waals surface area contributed by atoms with Gasteiger partial charge in [0.15, 0.2) is 0 Å². The van der Waals surface area contributed by atoms with Crippen LogP contribution < -0.4 is 0 Å². The first kappa shape index (κ1) is 21.7. The molecule has 4 saturated carbocycles. The SMILES string of the molecule is CO[C@@H]1CC[C@]2(C)[C@H]3CC[C@]4(C)[C@@H]([C@@H](C)CCCC(C)C)CC[C@H]4[C@@H]3C[C@@H]3O[C@@]32C1. The summed E-state index contributed by atoms with van der Waals surface area (Å²) in [5.41, 5.74) is 1.16. The molecule has 0 N–H and O–H groups in total. The summed E-state index contributed by atoms with van der Waals surface area (Å²) in [7, 11) is 1.90. The van der Waals surface area contributed by atoms with Crippen LogP contribution in [0, 0.1) is 46.3 Å². The summed E-state index contributed by atoms with van der Waals surface area (Å²) in [6.07, 6.45) is 16.2. The van der Waals surface area contributed by atoms with Gasteiger partial charge in [-0.15, -0.1) is 0 Å². The summed E-state index contributed by atoms with van der Waals surface area (Å²) in [5, 5.41) is 0. The van der Waals surface area contributed by atoms with E-state index >= 15 is 0 Å². The number of rotatable bonds is 6. The van der Waals surface area contributed by atoms with Crippen molar-refractivity contribution in [2.45, 2.75) is 123 Å². The number of methoxy groups -OCH3 is 1. The van der Waals surface area contributed by atoms with Gasteiger partial charge < -0.3 is 9.47 Å². The van der Waals surface area contributed by atoms with Crippen LogP contribution in [0.5, 0.6) is 0 Å². The van der Waals surface area contributed by atoms with Gasteiger partial charge in [-0.25, -0.2) is 0 Å². The molecule has 5 fully saturated rings. The minimum absolute atomic E-state index is 0.170. The quantitative estimate of drug-likeness (QED) is 0.425. The van der Waals surface area contributed by atoms with Crippen LogP contribution >= 0.6 is 0 Å². The smallest absolute Gasteiger partial charge is 0.103 e. The zero-order chi connectivity index (χ0) is 21.3. The Balaban J connectivity index is 1.32. The number of epoxide rings is 1. The number of hydrogen-bond donors (Lipinski definition) is 0. The third-order valence-electron chi connectivity index (χ3n) is 11.6. The maximum Gasteiger partial charge on any atom is 0.103 e. The fraction of sp³-hybridized carbons (Fsp3) is 1.00. The molecule has 0 bridgehead atoms. The highest BCUT2D eigenvalue weighted by molar-refractivity contribution is 5.24. The first-order valence-electron chi connectivity index (χ1n) is 13.5. The first-order valence-corrected chi connectivity index (χ1v) is 13.5. The Morgan fingerprint density at radius 1 is 0.967 bits per heavy atom. The van der Waals surface area contributed by atoms with Gasteiger partial charge in [-0.05, 0) is 85.9 Å². The predicted octanol–water partition coefficient (Wildman–Crippen LogP) is 7.25. The van der Waals surface area contributed by atoms with Gasteiger partial charge >= 0.3 is 0 Å². The van der Waals surface area contributed by atoms with Crippen LogP contribution in [0.2, 0.25) is 0 Å². The maximum atomic E-state index is 6.65. The molecule has 172 valence electrons. The summed E-state index contributed by atoms with van der Waals surface area (Å²) in [6.45, 7) is 12.7. The van der Waals surface area contributed by atoms with E-state index in [0.29, 0.717) is 23.0 Å². The molecule has 0 aromatic rings. The monoisotopic (exact) mass is 416 g/mol. The molecule has 1 aliphatic heterocycles. The Morgan fingerprint density at radius 2 is 1.77 bits per heavy atom. The fourth-order valence-corrected chi connectivity index (χ4v) is 9.87. The minimum atomic E-state index is 0.170. The van der Waals surface area contributed by atoms with Crippen molar-refractivity contribution >= 4 is 0 Å². The molecule has 4 aliphatic carbocycles. The maximum absolute atomic E-state index is 6.65. The number of ether oxygens (including phenoxy) is 2. The van der Waals surface area contributed by atoms with E-state index in [0.717, 1.165) is 41.9 Å². The van der Waals surface area contributed by atoms with Gasteiger partial charge in [0, 0.05) is 18.9 Å². The average molecular weight is 417 g/mol. The standard InChI is InChI=1S/C28H48O2/c1-18(2)8-7-9-19(3)22-10-11-23-21-16-25-28(30-25)17-20(29-6)12-15-27(28,5)24(21)13-14-26(22,23)4/h18-25H,7-17H2,1-6H3/t19-,20+,21-,22+,23-,24-,25-,26+,27+,28-/m0/s1. The molecule has 0 amide bonds. The van der Waals surface area contributed by atoms with Crippen molar-refractivity contribution in [2.24, 2.45) is 46.3 Å². The topological polar surface area (TPSA) is 21.8 Å². The Kier molecular flexibility index (Phi) is 5.42. The molecule has 0 unspecified atom stereocenters. The lowest BCUT2D eigenvalue weighted by molar-refractivity contribution is -0.121. The highest BCUT2D eigenvalue weighted by Gasteiger charge is 2.76. The lowest BCUT2D eigenvalue weighted by Gasteiger charge is -2.59. The van der Waals surface area contributed by atoms with Gasteiger partial charge in [0.25, 0.3) is 0 Å². The van der Waals surface area contributed by atoms with Crippen LogP contribution in [0.1, 0.15) is 105 Å². The molecular formula is C28H48O2. The third-order valence-corrected chi connectivity index (χ3v) is 11.6. The van der Waals surface area contributed by atoms with E-state index in [1.54, 1.807) is 0 Å². The normalized spacial score (nSPS) is 52.9. The second-order valence-corrected chi connectivity index (χ2v) is 13.2. The van der Waals surface area contributed by atoms with E-state index in [-0.39, 0.29) is 5.60 Å². The van der Waals surface area contributed by atoms with Gasteiger partial charge in [-0.2, -0.15) is 0 Å². The van der Waals surface area contributed by atoms with Gasteiger partial charge in [0.1, 0.15) is 5.60 Å².